The second kappa shape index (κ2) is 8.27. The number of nitrogens with one attached hydrogen (secondary N) is 1. The van der Waals surface area contributed by atoms with Crippen LogP contribution in [0.4, 0.5) is 5.13 Å². The Morgan fingerprint density at radius 3 is 2.62 bits per heavy atom. The standard InChI is InChI=1S/C18H19N3O2S/c1-4-9-23-16-7-5-14(6-8-16)10-15(11-19)17(22)21-18-20-12(2)13(3)24-18/h5-8,10H,4,9H2,1-3H3,(H,20,21,22)/b15-10+. The molecule has 0 atom stereocenters. The Morgan fingerprint density at radius 2 is 2.08 bits per heavy atom. The third kappa shape index (κ3) is 4.67. The van der Waals surface area contributed by atoms with E-state index in [-0.39, 0.29) is 5.57 Å². The van der Waals surface area contributed by atoms with Gasteiger partial charge < -0.3 is 4.74 Å². The first kappa shape index (κ1) is 17.7. The van der Waals surface area contributed by atoms with Gasteiger partial charge in [0.1, 0.15) is 17.4 Å². The number of nitrogens with zero attached hydrogens (tertiary/aromatic N) is 2. The Hall–Kier alpha value is -2.65. The molecule has 0 radical (unpaired) electrons. The minimum absolute atomic E-state index is 0.0303. The molecule has 5 nitrogen and oxygen atoms in total. The van der Waals surface area contributed by atoms with Gasteiger partial charge in [0.25, 0.3) is 5.91 Å². The average molecular weight is 341 g/mol. The minimum Gasteiger partial charge on any atom is -0.494 e. The van der Waals surface area contributed by atoms with Crippen molar-refractivity contribution in [3.05, 3.63) is 46.0 Å². The lowest BCUT2D eigenvalue weighted by molar-refractivity contribution is -0.112. The van der Waals surface area contributed by atoms with Gasteiger partial charge in [0.05, 0.1) is 12.3 Å². The summed E-state index contributed by atoms with van der Waals surface area (Å²) in [5.74, 6) is 0.309. The molecule has 0 aliphatic rings. The summed E-state index contributed by atoms with van der Waals surface area (Å²) in [6.45, 7) is 6.52. The molecule has 1 amide bonds. The maximum Gasteiger partial charge on any atom is 0.268 e. The first-order chi connectivity index (χ1) is 11.5. The number of aryl methyl sites for hydroxylation is 2. The number of aromatic nitrogens is 1. The minimum atomic E-state index is -0.461. The Bertz CT molecular complexity index is 766. The van der Waals surface area contributed by atoms with Crippen molar-refractivity contribution in [1.29, 1.82) is 5.26 Å². The molecule has 0 saturated heterocycles. The van der Waals surface area contributed by atoms with Crippen LogP contribution in [0.3, 0.4) is 0 Å². The van der Waals surface area contributed by atoms with E-state index in [1.54, 1.807) is 6.08 Å². The fourth-order valence-electron chi connectivity index (χ4n) is 1.89. The molecule has 2 aromatic rings. The van der Waals surface area contributed by atoms with E-state index in [0.717, 1.165) is 28.3 Å². The number of nitriles is 1. The molecule has 124 valence electrons. The first-order valence-corrected chi connectivity index (χ1v) is 8.45. The van der Waals surface area contributed by atoms with Crippen LogP contribution in [-0.2, 0) is 4.79 Å². The van der Waals surface area contributed by atoms with E-state index < -0.39 is 5.91 Å². The van der Waals surface area contributed by atoms with Gasteiger partial charge in [-0.25, -0.2) is 4.98 Å². The lowest BCUT2D eigenvalue weighted by Gasteiger charge is -2.04. The fourth-order valence-corrected chi connectivity index (χ4v) is 2.70. The highest BCUT2D eigenvalue weighted by atomic mass is 32.1. The van der Waals surface area contributed by atoms with Crippen LogP contribution in [0.2, 0.25) is 0 Å². The third-order valence-corrected chi connectivity index (χ3v) is 4.27. The number of benzene rings is 1. The maximum absolute atomic E-state index is 12.2. The number of anilines is 1. The molecule has 1 aromatic heterocycles. The lowest BCUT2D eigenvalue weighted by Crippen LogP contribution is -2.13. The summed E-state index contributed by atoms with van der Waals surface area (Å²) in [5, 5.41) is 12.4. The number of ether oxygens (including phenoxy) is 1. The number of rotatable bonds is 6. The zero-order valence-electron chi connectivity index (χ0n) is 13.9. The van der Waals surface area contributed by atoms with E-state index in [1.807, 2.05) is 51.1 Å². The van der Waals surface area contributed by atoms with E-state index >= 15 is 0 Å². The van der Waals surface area contributed by atoms with E-state index in [9.17, 15) is 10.1 Å². The number of thiazole rings is 1. The van der Waals surface area contributed by atoms with Crippen molar-refractivity contribution in [2.24, 2.45) is 0 Å². The van der Waals surface area contributed by atoms with Crippen LogP contribution in [0.25, 0.3) is 6.08 Å². The molecule has 24 heavy (non-hydrogen) atoms. The van der Waals surface area contributed by atoms with E-state index in [0.29, 0.717) is 11.7 Å². The van der Waals surface area contributed by atoms with Crippen LogP contribution in [-0.4, -0.2) is 17.5 Å². The predicted molar refractivity (Wildman–Crippen MR) is 96.0 cm³/mol. The molecule has 1 aromatic carbocycles. The van der Waals surface area contributed by atoms with Gasteiger partial charge in [-0.05, 0) is 44.0 Å². The van der Waals surface area contributed by atoms with Crippen molar-refractivity contribution >= 4 is 28.5 Å². The predicted octanol–water partition coefficient (Wildman–Crippen LogP) is 4.09. The quantitative estimate of drug-likeness (QED) is 0.634. The Balaban J connectivity index is 2.10. The lowest BCUT2D eigenvalue weighted by atomic mass is 10.1. The SMILES string of the molecule is CCCOc1ccc(/C=C(\C#N)C(=O)Nc2nc(C)c(C)s2)cc1. The monoisotopic (exact) mass is 341 g/mol. The van der Waals surface area contributed by atoms with Crippen LogP contribution in [0.1, 0.15) is 29.5 Å². The van der Waals surface area contributed by atoms with E-state index in [4.69, 9.17) is 4.74 Å². The molecule has 0 fully saturated rings. The van der Waals surface area contributed by atoms with Crippen LogP contribution in [0.5, 0.6) is 5.75 Å². The Morgan fingerprint density at radius 1 is 1.38 bits per heavy atom. The van der Waals surface area contributed by atoms with Crippen molar-refractivity contribution in [2.45, 2.75) is 27.2 Å². The molecule has 0 aliphatic carbocycles. The van der Waals surface area contributed by atoms with Gasteiger partial charge in [-0.15, -0.1) is 11.3 Å². The van der Waals surface area contributed by atoms with Gasteiger partial charge in [-0.2, -0.15) is 5.26 Å². The second-order valence-corrected chi connectivity index (χ2v) is 6.41. The maximum atomic E-state index is 12.2. The number of hydrogen-bond donors (Lipinski definition) is 1. The van der Waals surface area contributed by atoms with Crippen molar-refractivity contribution in [3.63, 3.8) is 0 Å². The number of hydrogen-bond acceptors (Lipinski definition) is 5. The largest absolute Gasteiger partial charge is 0.494 e. The van der Waals surface area contributed by atoms with Gasteiger partial charge >= 0.3 is 0 Å². The fraction of sp³-hybridized carbons (Fsp3) is 0.278. The van der Waals surface area contributed by atoms with Crippen LogP contribution >= 0.6 is 11.3 Å². The molecular weight excluding hydrogens is 322 g/mol. The van der Waals surface area contributed by atoms with Crippen molar-refractivity contribution < 1.29 is 9.53 Å². The highest BCUT2D eigenvalue weighted by Crippen LogP contribution is 2.22. The van der Waals surface area contributed by atoms with Crippen LogP contribution in [0, 0.1) is 25.2 Å². The van der Waals surface area contributed by atoms with Gasteiger partial charge in [0.2, 0.25) is 0 Å². The van der Waals surface area contributed by atoms with E-state index in [1.165, 1.54) is 11.3 Å². The van der Waals surface area contributed by atoms with Crippen LogP contribution in [0.15, 0.2) is 29.8 Å². The summed E-state index contributed by atoms with van der Waals surface area (Å²) in [4.78, 5) is 17.5. The van der Waals surface area contributed by atoms with Gasteiger partial charge in [-0.1, -0.05) is 19.1 Å². The Labute approximate surface area is 145 Å². The van der Waals surface area contributed by atoms with Gasteiger partial charge in [-0.3, -0.25) is 10.1 Å². The smallest absolute Gasteiger partial charge is 0.268 e. The van der Waals surface area contributed by atoms with Crippen molar-refractivity contribution in [2.75, 3.05) is 11.9 Å². The van der Waals surface area contributed by atoms with Gasteiger partial charge in [0, 0.05) is 4.88 Å². The second-order valence-electron chi connectivity index (χ2n) is 5.20. The van der Waals surface area contributed by atoms with Gasteiger partial charge in [0.15, 0.2) is 5.13 Å². The zero-order chi connectivity index (χ0) is 17.5. The number of carbonyl (C=O) groups is 1. The third-order valence-electron chi connectivity index (χ3n) is 3.28. The topological polar surface area (TPSA) is 75.0 Å². The molecule has 1 N–H and O–H groups in total. The average Bonchev–Trinajstić information content (AvgIpc) is 2.89. The zero-order valence-corrected chi connectivity index (χ0v) is 14.7. The molecule has 0 bridgehead atoms. The molecule has 0 spiro atoms. The summed E-state index contributed by atoms with van der Waals surface area (Å²) < 4.78 is 5.51. The Kier molecular flexibility index (Phi) is 6.10. The molecular formula is C18H19N3O2S. The first-order valence-electron chi connectivity index (χ1n) is 7.63. The summed E-state index contributed by atoms with van der Waals surface area (Å²) in [7, 11) is 0. The molecule has 0 saturated carbocycles. The summed E-state index contributed by atoms with van der Waals surface area (Å²) in [5.41, 5.74) is 1.67. The van der Waals surface area contributed by atoms with E-state index in [2.05, 4.69) is 10.3 Å². The molecule has 0 aliphatic heterocycles. The van der Waals surface area contributed by atoms with Crippen LogP contribution < -0.4 is 10.1 Å². The van der Waals surface area contributed by atoms with Crippen molar-refractivity contribution in [1.82, 2.24) is 4.98 Å². The highest BCUT2D eigenvalue weighted by Gasteiger charge is 2.12. The van der Waals surface area contributed by atoms with Crippen molar-refractivity contribution in [3.8, 4) is 11.8 Å². The summed E-state index contributed by atoms with van der Waals surface area (Å²) >= 11 is 1.39. The summed E-state index contributed by atoms with van der Waals surface area (Å²) in [6, 6.07) is 9.20. The molecule has 2 rings (SSSR count). The highest BCUT2D eigenvalue weighted by molar-refractivity contribution is 7.15. The molecule has 0 unspecified atom stereocenters. The molecule has 6 heteroatoms. The number of carbonyl (C=O) groups excluding carboxylic acids is 1. The normalized spacial score (nSPS) is 11.0. The number of amides is 1. The molecule has 1 heterocycles. The summed E-state index contributed by atoms with van der Waals surface area (Å²) in [6.07, 6.45) is 2.49.